The minimum atomic E-state index is 0.198. The zero-order valence-electron chi connectivity index (χ0n) is 16.3. The van der Waals surface area contributed by atoms with Crippen molar-refractivity contribution >= 4 is 29.1 Å². The maximum Gasteiger partial charge on any atom is 0.166 e. The summed E-state index contributed by atoms with van der Waals surface area (Å²) in [6.07, 6.45) is 9.49. The summed E-state index contributed by atoms with van der Waals surface area (Å²) in [4.78, 5) is 0. The van der Waals surface area contributed by atoms with Crippen molar-refractivity contribution in [3.63, 3.8) is 0 Å². The third-order valence-corrected chi connectivity index (χ3v) is 8.61. The summed E-state index contributed by atoms with van der Waals surface area (Å²) in [6, 6.07) is 1.54. The van der Waals surface area contributed by atoms with Crippen molar-refractivity contribution in [2.45, 2.75) is 92.4 Å². The van der Waals surface area contributed by atoms with Crippen LogP contribution in [0.15, 0.2) is 0 Å². The van der Waals surface area contributed by atoms with Gasteiger partial charge in [0.05, 0.1) is 22.9 Å². The van der Waals surface area contributed by atoms with E-state index in [-0.39, 0.29) is 18.2 Å². The van der Waals surface area contributed by atoms with E-state index in [9.17, 15) is 0 Å². The van der Waals surface area contributed by atoms with Crippen LogP contribution in [0.4, 0.5) is 0 Å². The van der Waals surface area contributed by atoms with E-state index in [0.717, 1.165) is 30.9 Å². The third kappa shape index (κ3) is 4.73. The number of thiocarbonyl (C=S) groups is 1. The second-order valence-electron chi connectivity index (χ2n) is 8.62. The van der Waals surface area contributed by atoms with Crippen LogP contribution < -0.4 is 27.0 Å². The molecule has 8 atom stereocenters. The first-order valence-corrected chi connectivity index (χ1v) is 12.0. The molecule has 0 aromatic rings. The number of nitrogens with two attached hydrogens (primary N) is 1. The number of nitrogens with one attached hydrogen (secondary N) is 4. The molecule has 0 radical (unpaired) electrons. The van der Waals surface area contributed by atoms with Crippen molar-refractivity contribution in [3.8, 4) is 0 Å². The number of hydrogen-bond acceptors (Lipinski definition) is 6. The normalized spacial score (nSPS) is 44.7. The lowest BCUT2D eigenvalue weighted by Gasteiger charge is -2.39. The first-order valence-electron chi connectivity index (χ1n) is 10.6. The highest BCUT2D eigenvalue weighted by atomic mass is 32.2. The molecule has 0 bridgehead atoms. The smallest absolute Gasteiger partial charge is 0.166 e. The molecular weight excluding hydrogens is 378 g/mol. The second kappa shape index (κ2) is 9.13. The lowest BCUT2D eigenvalue weighted by Crippen LogP contribution is -2.56. The SMILES string of the molecule is COC1CCC(N)CC1NC(=S)NC1CCCCC1C1NC2CCNC2S1. The highest BCUT2D eigenvalue weighted by Crippen LogP contribution is 2.39. The Morgan fingerprint density at radius 3 is 2.70 bits per heavy atom. The van der Waals surface area contributed by atoms with Gasteiger partial charge in [-0.3, -0.25) is 5.32 Å². The van der Waals surface area contributed by atoms with Crippen molar-refractivity contribution in [2.24, 2.45) is 11.7 Å². The maximum absolute atomic E-state index is 6.18. The summed E-state index contributed by atoms with van der Waals surface area (Å²) in [7, 11) is 1.79. The first-order chi connectivity index (χ1) is 13.1. The van der Waals surface area contributed by atoms with Crippen LogP contribution >= 0.6 is 24.0 Å². The molecule has 0 spiro atoms. The monoisotopic (exact) mass is 413 g/mol. The van der Waals surface area contributed by atoms with Gasteiger partial charge >= 0.3 is 0 Å². The quantitative estimate of drug-likeness (QED) is 0.441. The number of thioether (sulfide) groups is 1. The molecule has 8 heteroatoms. The number of methoxy groups -OCH3 is 1. The molecule has 2 saturated carbocycles. The van der Waals surface area contributed by atoms with Gasteiger partial charge in [0.2, 0.25) is 0 Å². The minimum Gasteiger partial charge on any atom is -0.379 e. The minimum absolute atomic E-state index is 0.198. The lowest BCUT2D eigenvalue weighted by atomic mass is 9.84. The summed E-state index contributed by atoms with van der Waals surface area (Å²) in [5, 5.41) is 16.6. The molecule has 2 aliphatic carbocycles. The Balaban J connectivity index is 1.33. The van der Waals surface area contributed by atoms with E-state index in [0.29, 0.717) is 28.7 Å². The summed E-state index contributed by atoms with van der Waals surface area (Å²) in [5.41, 5.74) is 6.18. The van der Waals surface area contributed by atoms with Gasteiger partial charge in [0.15, 0.2) is 5.11 Å². The van der Waals surface area contributed by atoms with Gasteiger partial charge in [0, 0.05) is 31.2 Å². The Morgan fingerprint density at radius 1 is 1.07 bits per heavy atom. The van der Waals surface area contributed by atoms with Crippen LogP contribution in [0, 0.1) is 5.92 Å². The van der Waals surface area contributed by atoms with Gasteiger partial charge < -0.3 is 26.4 Å². The lowest BCUT2D eigenvalue weighted by molar-refractivity contribution is 0.0432. The fraction of sp³-hybridized carbons (Fsp3) is 0.947. The van der Waals surface area contributed by atoms with Gasteiger partial charge in [0.25, 0.3) is 0 Å². The Hall–Kier alpha value is -0.120. The van der Waals surface area contributed by atoms with E-state index in [1.165, 1.54) is 32.1 Å². The molecule has 4 aliphatic rings. The van der Waals surface area contributed by atoms with Crippen molar-refractivity contribution < 1.29 is 4.74 Å². The Labute approximate surface area is 172 Å². The fourth-order valence-electron chi connectivity index (χ4n) is 5.31. The van der Waals surface area contributed by atoms with Crippen LogP contribution in [0.2, 0.25) is 0 Å². The summed E-state index contributed by atoms with van der Waals surface area (Å²) < 4.78 is 5.66. The molecule has 0 aromatic carbocycles. The molecule has 6 nitrogen and oxygen atoms in total. The van der Waals surface area contributed by atoms with Crippen LogP contribution in [0.25, 0.3) is 0 Å². The molecule has 0 aromatic heterocycles. The molecule has 27 heavy (non-hydrogen) atoms. The molecule has 2 heterocycles. The van der Waals surface area contributed by atoms with Crippen molar-refractivity contribution in [2.75, 3.05) is 13.7 Å². The number of ether oxygens (including phenoxy) is 1. The number of hydrogen-bond donors (Lipinski definition) is 5. The molecule has 4 fully saturated rings. The summed E-state index contributed by atoms with van der Waals surface area (Å²) >= 11 is 7.80. The van der Waals surface area contributed by atoms with Crippen LogP contribution in [-0.4, -0.2) is 59.8 Å². The maximum atomic E-state index is 6.18. The van der Waals surface area contributed by atoms with E-state index >= 15 is 0 Å². The molecule has 8 unspecified atom stereocenters. The predicted octanol–water partition coefficient (Wildman–Crippen LogP) is 1.25. The number of rotatable bonds is 4. The van der Waals surface area contributed by atoms with Crippen molar-refractivity contribution in [1.29, 1.82) is 0 Å². The zero-order valence-corrected chi connectivity index (χ0v) is 17.9. The van der Waals surface area contributed by atoms with E-state index in [1.54, 1.807) is 7.11 Å². The molecule has 2 aliphatic heterocycles. The van der Waals surface area contributed by atoms with Crippen LogP contribution in [0.1, 0.15) is 51.4 Å². The average molecular weight is 414 g/mol. The van der Waals surface area contributed by atoms with E-state index in [1.807, 2.05) is 0 Å². The van der Waals surface area contributed by atoms with Crippen LogP contribution in [-0.2, 0) is 4.74 Å². The predicted molar refractivity (Wildman–Crippen MR) is 116 cm³/mol. The van der Waals surface area contributed by atoms with Gasteiger partial charge in [-0.2, -0.15) is 0 Å². The third-order valence-electron chi connectivity index (χ3n) is 6.81. The Morgan fingerprint density at radius 2 is 1.89 bits per heavy atom. The van der Waals surface area contributed by atoms with E-state index < -0.39 is 0 Å². The molecule has 154 valence electrons. The molecule has 0 amide bonds. The van der Waals surface area contributed by atoms with Gasteiger partial charge in [-0.15, -0.1) is 11.8 Å². The topological polar surface area (TPSA) is 83.4 Å². The van der Waals surface area contributed by atoms with Gasteiger partial charge in [-0.25, -0.2) is 0 Å². The standard InChI is InChI=1S/C19H35N5OS2/c1-25-16-7-6-11(20)10-15(16)24-19(26)23-13-5-3-2-4-12(13)17-22-14-8-9-21-18(14)27-17/h11-18,21-22H,2-10,20H2,1H3,(H2,23,24,26). The molecule has 6 N–H and O–H groups in total. The Kier molecular flexibility index (Phi) is 6.82. The van der Waals surface area contributed by atoms with Crippen molar-refractivity contribution in [3.05, 3.63) is 0 Å². The van der Waals surface area contributed by atoms with Gasteiger partial charge in [-0.1, -0.05) is 12.8 Å². The van der Waals surface area contributed by atoms with E-state index in [2.05, 4.69) is 33.0 Å². The zero-order chi connectivity index (χ0) is 18.8. The second-order valence-corrected chi connectivity index (χ2v) is 10.3. The van der Waals surface area contributed by atoms with Crippen LogP contribution in [0.3, 0.4) is 0 Å². The molecule has 4 rings (SSSR count). The Bertz CT molecular complexity index is 512. The highest BCUT2D eigenvalue weighted by Gasteiger charge is 2.43. The summed E-state index contributed by atoms with van der Waals surface area (Å²) in [5.74, 6) is 0.628. The number of fused-ring (bicyclic) bond motifs is 1. The summed E-state index contributed by atoms with van der Waals surface area (Å²) in [6.45, 7) is 1.15. The van der Waals surface area contributed by atoms with Crippen LogP contribution in [0.5, 0.6) is 0 Å². The van der Waals surface area contributed by atoms with Crippen molar-refractivity contribution in [1.82, 2.24) is 21.3 Å². The van der Waals surface area contributed by atoms with E-state index in [4.69, 9.17) is 22.7 Å². The average Bonchev–Trinajstić information content (AvgIpc) is 3.24. The molecule has 2 saturated heterocycles. The van der Waals surface area contributed by atoms with Gasteiger partial charge in [-0.05, 0) is 57.3 Å². The highest BCUT2D eigenvalue weighted by molar-refractivity contribution is 8.00. The molecular formula is C19H35N5OS2. The fourth-order valence-corrected chi connectivity index (χ4v) is 7.33. The first kappa shape index (κ1) is 20.2. The van der Waals surface area contributed by atoms with Gasteiger partial charge in [0.1, 0.15) is 0 Å². The largest absolute Gasteiger partial charge is 0.379 e.